The summed E-state index contributed by atoms with van der Waals surface area (Å²) in [5.74, 6) is 0.157. The number of sulfonamides is 1. The minimum atomic E-state index is -3.24. The molecule has 0 aliphatic heterocycles. The van der Waals surface area contributed by atoms with Crippen LogP contribution < -0.4 is 4.72 Å². The minimum absolute atomic E-state index is 0.157. The van der Waals surface area contributed by atoms with Crippen molar-refractivity contribution in [3.05, 3.63) is 24.5 Å². The van der Waals surface area contributed by atoms with Crippen molar-refractivity contribution >= 4 is 26.7 Å². The van der Waals surface area contributed by atoms with E-state index in [9.17, 15) is 8.42 Å². The van der Waals surface area contributed by atoms with E-state index in [0.29, 0.717) is 12.1 Å². The second-order valence-electron chi connectivity index (χ2n) is 4.33. The first kappa shape index (κ1) is 12.9. The molecule has 2 rings (SSSR count). The van der Waals surface area contributed by atoms with Crippen molar-refractivity contribution in [2.24, 2.45) is 7.05 Å². The third-order valence-corrected chi connectivity index (χ3v) is 4.14. The van der Waals surface area contributed by atoms with Gasteiger partial charge in [-0.1, -0.05) is 13.3 Å². The SMILES string of the molecule is CCCCS(=O)(=O)Nc1ccc2c(c1)ncn2C. The molecule has 1 N–H and O–H groups in total. The van der Waals surface area contributed by atoms with E-state index in [2.05, 4.69) is 9.71 Å². The maximum Gasteiger partial charge on any atom is 0.232 e. The molecule has 0 aliphatic rings. The highest BCUT2D eigenvalue weighted by Gasteiger charge is 2.10. The van der Waals surface area contributed by atoms with Gasteiger partial charge in [0.2, 0.25) is 10.0 Å². The third-order valence-electron chi connectivity index (χ3n) is 2.77. The monoisotopic (exact) mass is 267 g/mol. The molecule has 0 bridgehead atoms. The first-order chi connectivity index (χ1) is 8.52. The second kappa shape index (κ2) is 4.97. The van der Waals surface area contributed by atoms with E-state index in [1.54, 1.807) is 18.5 Å². The molecule has 2 aromatic rings. The summed E-state index contributed by atoms with van der Waals surface area (Å²) in [6, 6.07) is 5.37. The van der Waals surface area contributed by atoms with Crippen LogP contribution in [-0.2, 0) is 17.1 Å². The lowest BCUT2D eigenvalue weighted by molar-refractivity contribution is 0.598. The van der Waals surface area contributed by atoms with Gasteiger partial charge in [-0.2, -0.15) is 0 Å². The zero-order valence-corrected chi connectivity index (χ0v) is 11.4. The number of nitrogens with zero attached hydrogens (tertiary/aromatic N) is 2. The average Bonchev–Trinajstić information content (AvgIpc) is 2.68. The van der Waals surface area contributed by atoms with Gasteiger partial charge in [-0.25, -0.2) is 13.4 Å². The van der Waals surface area contributed by atoms with Gasteiger partial charge in [-0.3, -0.25) is 4.72 Å². The molecule has 0 fully saturated rings. The standard InChI is InChI=1S/C12H17N3O2S/c1-3-4-7-18(16,17)14-10-5-6-12-11(8-10)13-9-15(12)2/h5-6,8-9,14H,3-4,7H2,1-2H3. The summed E-state index contributed by atoms with van der Waals surface area (Å²) in [5.41, 5.74) is 2.33. The molecule has 5 nitrogen and oxygen atoms in total. The van der Waals surface area contributed by atoms with Gasteiger partial charge in [0.1, 0.15) is 0 Å². The summed E-state index contributed by atoms with van der Waals surface area (Å²) in [6.07, 6.45) is 3.24. The molecule has 98 valence electrons. The number of rotatable bonds is 5. The van der Waals surface area contributed by atoms with Crippen LogP contribution in [0.25, 0.3) is 11.0 Å². The number of fused-ring (bicyclic) bond motifs is 1. The Kier molecular flexibility index (Phi) is 3.56. The van der Waals surface area contributed by atoms with Crippen LogP contribution in [0.5, 0.6) is 0 Å². The highest BCUT2D eigenvalue weighted by atomic mass is 32.2. The molecule has 0 amide bonds. The van der Waals surface area contributed by atoms with Crippen molar-refractivity contribution in [3.8, 4) is 0 Å². The van der Waals surface area contributed by atoms with Gasteiger partial charge in [-0.05, 0) is 24.6 Å². The summed E-state index contributed by atoms with van der Waals surface area (Å²) in [7, 11) is -1.34. The molecule has 1 aromatic carbocycles. The van der Waals surface area contributed by atoms with Crippen molar-refractivity contribution in [1.29, 1.82) is 0 Å². The van der Waals surface area contributed by atoms with Gasteiger partial charge in [0.15, 0.2) is 0 Å². The van der Waals surface area contributed by atoms with Crippen LogP contribution in [-0.4, -0.2) is 23.7 Å². The molecule has 1 aromatic heterocycles. The molecule has 0 aliphatic carbocycles. The highest BCUT2D eigenvalue weighted by Crippen LogP contribution is 2.18. The Balaban J connectivity index is 2.22. The zero-order valence-electron chi connectivity index (χ0n) is 10.5. The fraction of sp³-hybridized carbons (Fsp3) is 0.417. The maximum absolute atomic E-state index is 11.8. The Morgan fingerprint density at radius 3 is 2.89 bits per heavy atom. The number of aromatic nitrogens is 2. The van der Waals surface area contributed by atoms with Gasteiger partial charge < -0.3 is 4.57 Å². The maximum atomic E-state index is 11.8. The van der Waals surface area contributed by atoms with Crippen molar-refractivity contribution < 1.29 is 8.42 Å². The number of anilines is 1. The second-order valence-corrected chi connectivity index (χ2v) is 6.18. The predicted octanol–water partition coefficient (Wildman–Crippen LogP) is 2.12. The van der Waals surface area contributed by atoms with E-state index < -0.39 is 10.0 Å². The number of imidazole rings is 1. The molecular weight excluding hydrogens is 250 g/mol. The number of nitrogens with one attached hydrogen (secondary N) is 1. The lowest BCUT2D eigenvalue weighted by atomic mass is 10.3. The number of aryl methyl sites for hydroxylation is 1. The molecule has 0 unspecified atom stereocenters. The van der Waals surface area contributed by atoms with Crippen molar-refractivity contribution in [3.63, 3.8) is 0 Å². The highest BCUT2D eigenvalue weighted by molar-refractivity contribution is 7.92. The van der Waals surface area contributed by atoms with Gasteiger partial charge in [-0.15, -0.1) is 0 Å². The topological polar surface area (TPSA) is 64.0 Å². The zero-order chi connectivity index (χ0) is 13.2. The lowest BCUT2D eigenvalue weighted by Crippen LogP contribution is -2.16. The van der Waals surface area contributed by atoms with Crippen LogP contribution in [0.4, 0.5) is 5.69 Å². The van der Waals surface area contributed by atoms with E-state index in [1.165, 1.54) is 0 Å². The Morgan fingerprint density at radius 2 is 2.17 bits per heavy atom. The Labute approximate surface area is 107 Å². The molecule has 0 spiro atoms. The summed E-state index contributed by atoms with van der Waals surface area (Å²) in [6.45, 7) is 1.97. The van der Waals surface area contributed by atoms with Crippen molar-refractivity contribution in [2.75, 3.05) is 10.5 Å². The van der Waals surface area contributed by atoms with E-state index in [1.807, 2.05) is 24.6 Å². The number of hydrogen-bond acceptors (Lipinski definition) is 3. The Morgan fingerprint density at radius 1 is 1.39 bits per heavy atom. The van der Waals surface area contributed by atoms with Gasteiger partial charge in [0, 0.05) is 7.05 Å². The number of benzene rings is 1. The molecule has 0 atom stereocenters. The minimum Gasteiger partial charge on any atom is -0.334 e. The van der Waals surface area contributed by atoms with Crippen LogP contribution in [0.2, 0.25) is 0 Å². The fourth-order valence-electron chi connectivity index (χ4n) is 1.76. The molecular formula is C12H17N3O2S. The molecule has 0 radical (unpaired) electrons. The Hall–Kier alpha value is -1.56. The van der Waals surface area contributed by atoms with Crippen molar-refractivity contribution in [2.45, 2.75) is 19.8 Å². The smallest absolute Gasteiger partial charge is 0.232 e. The van der Waals surface area contributed by atoms with Crippen molar-refractivity contribution in [1.82, 2.24) is 9.55 Å². The van der Waals surface area contributed by atoms with Crippen LogP contribution in [0.3, 0.4) is 0 Å². The molecule has 18 heavy (non-hydrogen) atoms. The fourth-order valence-corrected chi connectivity index (χ4v) is 3.02. The summed E-state index contributed by atoms with van der Waals surface area (Å²) < 4.78 is 28.0. The first-order valence-electron chi connectivity index (χ1n) is 5.93. The third kappa shape index (κ3) is 2.81. The van der Waals surface area contributed by atoms with Crippen LogP contribution in [0.1, 0.15) is 19.8 Å². The predicted molar refractivity (Wildman–Crippen MR) is 73.0 cm³/mol. The van der Waals surface area contributed by atoms with Gasteiger partial charge >= 0.3 is 0 Å². The molecule has 1 heterocycles. The Bertz CT molecular complexity index is 646. The van der Waals surface area contributed by atoms with Crippen LogP contribution in [0.15, 0.2) is 24.5 Å². The molecule has 0 saturated heterocycles. The van der Waals surface area contributed by atoms with E-state index in [-0.39, 0.29) is 5.75 Å². The largest absolute Gasteiger partial charge is 0.334 e. The first-order valence-corrected chi connectivity index (χ1v) is 7.58. The van der Waals surface area contributed by atoms with E-state index in [0.717, 1.165) is 17.5 Å². The van der Waals surface area contributed by atoms with Crippen LogP contribution in [0, 0.1) is 0 Å². The van der Waals surface area contributed by atoms with Gasteiger partial charge in [0.25, 0.3) is 0 Å². The van der Waals surface area contributed by atoms with E-state index in [4.69, 9.17) is 0 Å². The van der Waals surface area contributed by atoms with Crippen LogP contribution >= 0.6 is 0 Å². The lowest BCUT2D eigenvalue weighted by Gasteiger charge is -2.07. The average molecular weight is 267 g/mol. The number of hydrogen-bond donors (Lipinski definition) is 1. The molecule has 0 saturated carbocycles. The summed E-state index contributed by atoms with van der Waals surface area (Å²) >= 11 is 0. The van der Waals surface area contributed by atoms with Gasteiger partial charge in [0.05, 0.1) is 28.8 Å². The molecule has 6 heteroatoms. The van der Waals surface area contributed by atoms with E-state index >= 15 is 0 Å². The quantitative estimate of drug-likeness (QED) is 0.902. The number of unbranched alkanes of at least 4 members (excludes halogenated alkanes) is 1. The summed E-state index contributed by atoms with van der Waals surface area (Å²) in [5, 5.41) is 0. The summed E-state index contributed by atoms with van der Waals surface area (Å²) in [4.78, 5) is 4.20. The normalized spacial score (nSPS) is 11.9.